The van der Waals surface area contributed by atoms with Crippen molar-refractivity contribution in [3.05, 3.63) is 35.9 Å². The molecule has 2 amide bonds. The Kier molecular flexibility index (Phi) is 8.08. The van der Waals surface area contributed by atoms with Crippen molar-refractivity contribution in [1.29, 1.82) is 0 Å². The van der Waals surface area contributed by atoms with Crippen LogP contribution in [0.15, 0.2) is 30.3 Å². The van der Waals surface area contributed by atoms with Crippen molar-refractivity contribution in [2.45, 2.75) is 58.0 Å². The van der Waals surface area contributed by atoms with Gasteiger partial charge >= 0.3 is 12.2 Å². The first-order chi connectivity index (χ1) is 13.9. The fraction of sp³-hybridized carbons (Fsp3) is 0.600. The van der Waals surface area contributed by atoms with Crippen molar-refractivity contribution in [2.75, 3.05) is 19.3 Å². The minimum absolute atomic E-state index is 0.139. The van der Waals surface area contributed by atoms with Crippen LogP contribution in [-0.2, 0) is 30.4 Å². The van der Waals surface area contributed by atoms with E-state index in [4.69, 9.17) is 13.7 Å². The summed E-state index contributed by atoms with van der Waals surface area (Å²) in [5.41, 5.74) is 0.179. The van der Waals surface area contributed by atoms with E-state index in [1.165, 1.54) is 4.90 Å². The van der Waals surface area contributed by atoms with E-state index in [0.717, 1.165) is 11.8 Å². The average Bonchev–Trinajstić information content (AvgIpc) is 3.00. The van der Waals surface area contributed by atoms with Crippen molar-refractivity contribution in [3.8, 4) is 0 Å². The van der Waals surface area contributed by atoms with Gasteiger partial charge in [-0.1, -0.05) is 30.3 Å². The van der Waals surface area contributed by atoms with Crippen LogP contribution in [0, 0.1) is 0 Å². The number of benzene rings is 1. The lowest BCUT2D eigenvalue weighted by Gasteiger charge is -2.30. The molecular weight excluding hydrogens is 412 g/mol. The lowest BCUT2D eigenvalue weighted by Crippen LogP contribution is -2.45. The lowest BCUT2D eigenvalue weighted by atomic mass is 10.1. The molecular formula is C20H30N2O7S. The highest BCUT2D eigenvalue weighted by Gasteiger charge is 2.41. The van der Waals surface area contributed by atoms with E-state index in [-0.39, 0.29) is 13.2 Å². The zero-order valence-electron chi connectivity index (χ0n) is 17.8. The molecule has 1 fully saturated rings. The van der Waals surface area contributed by atoms with Crippen molar-refractivity contribution >= 4 is 22.3 Å². The normalized spacial score (nSPS) is 19.4. The largest absolute Gasteiger partial charge is 0.445 e. The summed E-state index contributed by atoms with van der Waals surface area (Å²) in [5.74, 6) is 0. The molecule has 30 heavy (non-hydrogen) atoms. The molecule has 0 saturated carbocycles. The van der Waals surface area contributed by atoms with Crippen LogP contribution in [0.3, 0.4) is 0 Å². The summed E-state index contributed by atoms with van der Waals surface area (Å²) < 4.78 is 38.9. The van der Waals surface area contributed by atoms with Crippen LogP contribution < -0.4 is 5.32 Å². The van der Waals surface area contributed by atoms with Gasteiger partial charge in [0.1, 0.15) is 12.2 Å². The third kappa shape index (κ3) is 8.19. The molecule has 0 spiro atoms. The van der Waals surface area contributed by atoms with Gasteiger partial charge in [0, 0.05) is 13.1 Å². The van der Waals surface area contributed by atoms with Gasteiger partial charge in [0.15, 0.2) is 0 Å². The zero-order chi connectivity index (χ0) is 22.4. The predicted molar refractivity (Wildman–Crippen MR) is 110 cm³/mol. The Morgan fingerprint density at radius 3 is 2.47 bits per heavy atom. The van der Waals surface area contributed by atoms with Crippen LogP contribution in [0.1, 0.15) is 39.2 Å². The van der Waals surface area contributed by atoms with E-state index in [0.29, 0.717) is 19.4 Å². The topological polar surface area (TPSA) is 111 Å². The second kappa shape index (κ2) is 10.1. The molecule has 2 rings (SSSR count). The number of hydrogen-bond acceptors (Lipinski definition) is 7. The molecule has 168 valence electrons. The van der Waals surface area contributed by atoms with Gasteiger partial charge in [-0.25, -0.2) is 9.59 Å². The first-order valence-corrected chi connectivity index (χ1v) is 11.6. The number of hydrogen-bond donors (Lipinski definition) is 1. The monoisotopic (exact) mass is 442 g/mol. The number of nitrogens with zero attached hydrogens (tertiary/aromatic N) is 1. The van der Waals surface area contributed by atoms with Crippen LogP contribution in [0.5, 0.6) is 0 Å². The molecule has 9 nitrogen and oxygen atoms in total. The van der Waals surface area contributed by atoms with Gasteiger partial charge in [-0.15, -0.1) is 0 Å². The summed E-state index contributed by atoms with van der Waals surface area (Å²) >= 11 is 0. The van der Waals surface area contributed by atoms with E-state index in [1.807, 2.05) is 30.3 Å². The number of carbonyl (C=O) groups excluding carboxylic acids is 2. The van der Waals surface area contributed by atoms with Gasteiger partial charge in [-0.3, -0.25) is 4.18 Å². The molecule has 1 heterocycles. The average molecular weight is 443 g/mol. The molecule has 0 aliphatic carbocycles. The fourth-order valence-electron chi connectivity index (χ4n) is 3.15. The summed E-state index contributed by atoms with van der Waals surface area (Å²) in [5, 5.41) is 2.63. The van der Waals surface area contributed by atoms with E-state index >= 15 is 0 Å². The Bertz CT molecular complexity index is 821. The summed E-state index contributed by atoms with van der Waals surface area (Å²) in [6, 6.07) is 8.71. The summed E-state index contributed by atoms with van der Waals surface area (Å²) in [6.07, 6.45) is -0.219. The smallest absolute Gasteiger partial charge is 0.410 e. The summed E-state index contributed by atoms with van der Waals surface area (Å²) in [6.45, 7) is 5.89. The van der Waals surface area contributed by atoms with Crippen molar-refractivity contribution < 1.29 is 31.7 Å². The third-order valence-corrected chi connectivity index (χ3v) is 4.93. The minimum atomic E-state index is -3.70. The SMILES string of the molecule is CC(C)(C)OC(=O)N1CC[C@H](OS(C)(=O)=O)[C@H]1CCNC(=O)OCc1ccccc1. The second-order valence-electron chi connectivity index (χ2n) is 8.15. The minimum Gasteiger partial charge on any atom is -0.445 e. The number of carbonyl (C=O) groups is 2. The molecule has 1 aromatic carbocycles. The van der Waals surface area contributed by atoms with E-state index in [9.17, 15) is 18.0 Å². The number of alkyl carbamates (subject to hydrolysis) is 1. The summed E-state index contributed by atoms with van der Waals surface area (Å²) in [7, 11) is -3.70. The highest BCUT2D eigenvalue weighted by atomic mass is 32.2. The zero-order valence-corrected chi connectivity index (χ0v) is 18.6. The van der Waals surface area contributed by atoms with Gasteiger partial charge in [-0.05, 0) is 39.2 Å². The maximum atomic E-state index is 12.5. The highest BCUT2D eigenvalue weighted by molar-refractivity contribution is 7.86. The Balaban J connectivity index is 1.92. The number of likely N-dealkylation sites (tertiary alicyclic amines) is 1. The molecule has 0 radical (unpaired) electrons. The van der Waals surface area contributed by atoms with E-state index in [1.54, 1.807) is 20.8 Å². The van der Waals surface area contributed by atoms with Gasteiger partial charge in [-0.2, -0.15) is 8.42 Å². The molecule has 1 aromatic rings. The Labute approximate surface area is 177 Å². The van der Waals surface area contributed by atoms with Crippen molar-refractivity contribution in [2.24, 2.45) is 0 Å². The molecule has 2 atom stereocenters. The standard InChI is InChI=1S/C20H30N2O7S/c1-20(2,3)28-19(24)22-13-11-17(29-30(4,25)26)16(22)10-12-21-18(23)27-14-15-8-6-5-7-9-15/h5-9,16-17H,10-14H2,1-4H3,(H,21,23)/t16-,17+/m1/s1. The molecule has 1 N–H and O–H groups in total. The Hall–Kier alpha value is -2.33. The molecule has 1 saturated heterocycles. The fourth-order valence-corrected chi connectivity index (χ4v) is 3.82. The Morgan fingerprint density at radius 2 is 1.87 bits per heavy atom. The van der Waals surface area contributed by atoms with Crippen LogP contribution >= 0.6 is 0 Å². The van der Waals surface area contributed by atoms with Crippen LogP contribution in [0.4, 0.5) is 9.59 Å². The molecule has 0 unspecified atom stereocenters. The van der Waals surface area contributed by atoms with E-state index < -0.39 is 40.1 Å². The number of amides is 2. The van der Waals surface area contributed by atoms with Gasteiger partial charge in [0.05, 0.1) is 18.4 Å². The number of nitrogens with one attached hydrogen (secondary N) is 1. The first kappa shape index (κ1) is 23.9. The lowest BCUT2D eigenvalue weighted by molar-refractivity contribution is 0.0166. The maximum absolute atomic E-state index is 12.5. The highest BCUT2D eigenvalue weighted by Crippen LogP contribution is 2.26. The molecule has 1 aliphatic rings. The second-order valence-corrected chi connectivity index (χ2v) is 9.75. The van der Waals surface area contributed by atoms with Gasteiger partial charge in [0.25, 0.3) is 10.1 Å². The number of rotatable bonds is 7. The van der Waals surface area contributed by atoms with Crippen LogP contribution in [0.25, 0.3) is 0 Å². The molecule has 1 aliphatic heterocycles. The van der Waals surface area contributed by atoms with Gasteiger partial charge in [0.2, 0.25) is 0 Å². The number of ether oxygens (including phenoxy) is 2. The van der Waals surface area contributed by atoms with E-state index in [2.05, 4.69) is 5.32 Å². The predicted octanol–water partition coefficient (Wildman–Crippen LogP) is 2.66. The summed E-state index contributed by atoms with van der Waals surface area (Å²) in [4.78, 5) is 25.9. The quantitative estimate of drug-likeness (QED) is 0.646. The first-order valence-electron chi connectivity index (χ1n) is 9.77. The molecule has 0 aromatic heterocycles. The maximum Gasteiger partial charge on any atom is 0.410 e. The molecule has 10 heteroatoms. The Morgan fingerprint density at radius 1 is 1.20 bits per heavy atom. The van der Waals surface area contributed by atoms with Gasteiger partial charge < -0.3 is 19.7 Å². The third-order valence-electron chi connectivity index (χ3n) is 4.33. The van der Waals surface area contributed by atoms with Crippen molar-refractivity contribution in [3.63, 3.8) is 0 Å². The molecule has 0 bridgehead atoms. The van der Waals surface area contributed by atoms with Crippen LogP contribution in [0.2, 0.25) is 0 Å². The van der Waals surface area contributed by atoms with Crippen LogP contribution in [-0.4, -0.2) is 62.6 Å². The van der Waals surface area contributed by atoms with Crippen molar-refractivity contribution in [1.82, 2.24) is 10.2 Å².